The predicted octanol–water partition coefficient (Wildman–Crippen LogP) is 5.09. The summed E-state index contributed by atoms with van der Waals surface area (Å²) < 4.78 is 5.08. The summed E-state index contributed by atoms with van der Waals surface area (Å²) in [4.78, 5) is 0. The molecular weight excluding hydrogens is 276 g/mol. The summed E-state index contributed by atoms with van der Waals surface area (Å²) in [5, 5.41) is 18.5. The van der Waals surface area contributed by atoms with Crippen LogP contribution in [-0.2, 0) is 0 Å². The van der Waals surface area contributed by atoms with Crippen LogP contribution in [0.4, 0.5) is 11.4 Å². The van der Waals surface area contributed by atoms with Crippen LogP contribution in [0.3, 0.4) is 0 Å². The topological polar surface area (TPSA) is 54.2 Å². The zero-order valence-corrected chi connectivity index (χ0v) is 12.3. The zero-order chi connectivity index (χ0) is 14.7. The van der Waals surface area contributed by atoms with Crippen LogP contribution in [-0.4, -0.2) is 12.2 Å². The van der Waals surface area contributed by atoms with Crippen molar-refractivity contribution in [2.45, 2.75) is 13.8 Å². The highest BCUT2D eigenvalue weighted by molar-refractivity contribution is 6.32. The fourth-order valence-electron chi connectivity index (χ4n) is 1.82. The minimum absolute atomic E-state index is 0.288. The second-order valence-corrected chi connectivity index (χ2v) is 4.85. The maximum absolute atomic E-state index is 9.71. The molecule has 1 N–H and O–H groups in total. The number of phenolic OH excluding ortho intramolecular Hbond substituents is 1. The first-order valence-corrected chi connectivity index (χ1v) is 6.44. The van der Waals surface area contributed by atoms with Crippen molar-refractivity contribution in [2.75, 3.05) is 7.11 Å². The summed E-state index contributed by atoms with van der Waals surface area (Å²) in [6, 6.07) is 8.75. The minimum atomic E-state index is 0.288. The lowest BCUT2D eigenvalue weighted by atomic mass is 10.1. The third-order valence-corrected chi connectivity index (χ3v) is 3.19. The van der Waals surface area contributed by atoms with Gasteiger partial charge in [-0.05, 0) is 55.3 Å². The van der Waals surface area contributed by atoms with Gasteiger partial charge in [0.15, 0.2) is 0 Å². The summed E-state index contributed by atoms with van der Waals surface area (Å²) in [5.41, 5.74) is 2.86. The standard InChI is InChI=1S/C15H15ClN2O2/c1-9-6-12(7-10(2)15(9)19)18-17-11-4-5-14(20-3)13(16)8-11/h4-8,19H,1-3H3. The summed E-state index contributed by atoms with van der Waals surface area (Å²) in [5.74, 6) is 0.887. The molecular formula is C15H15ClN2O2. The molecule has 0 unspecified atom stereocenters. The van der Waals surface area contributed by atoms with Crippen LogP contribution in [0, 0.1) is 13.8 Å². The van der Waals surface area contributed by atoms with Crippen molar-refractivity contribution >= 4 is 23.0 Å². The monoisotopic (exact) mass is 290 g/mol. The van der Waals surface area contributed by atoms with Gasteiger partial charge in [-0.25, -0.2) is 0 Å². The fourth-order valence-corrected chi connectivity index (χ4v) is 2.08. The van der Waals surface area contributed by atoms with Crippen molar-refractivity contribution in [3.05, 3.63) is 46.5 Å². The van der Waals surface area contributed by atoms with Gasteiger partial charge in [0.2, 0.25) is 0 Å². The van der Waals surface area contributed by atoms with Crippen molar-refractivity contribution in [3.8, 4) is 11.5 Å². The average Bonchev–Trinajstić information content (AvgIpc) is 2.42. The molecule has 0 radical (unpaired) electrons. The quantitative estimate of drug-likeness (QED) is 0.801. The Kier molecular flexibility index (Phi) is 4.25. The number of halogens is 1. The number of phenols is 1. The average molecular weight is 291 g/mol. The number of aromatic hydroxyl groups is 1. The molecule has 0 bridgehead atoms. The Hall–Kier alpha value is -2.07. The lowest BCUT2D eigenvalue weighted by Crippen LogP contribution is -1.82. The maximum atomic E-state index is 9.71. The lowest BCUT2D eigenvalue weighted by Gasteiger charge is -2.04. The molecule has 0 heterocycles. The van der Waals surface area contributed by atoms with Crippen LogP contribution in [0.5, 0.6) is 11.5 Å². The van der Waals surface area contributed by atoms with Gasteiger partial charge in [-0.3, -0.25) is 0 Å². The second kappa shape index (κ2) is 5.92. The molecule has 0 aromatic heterocycles. The summed E-state index contributed by atoms with van der Waals surface area (Å²) in [6.07, 6.45) is 0. The highest BCUT2D eigenvalue weighted by Gasteiger charge is 2.03. The summed E-state index contributed by atoms with van der Waals surface area (Å²) in [7, 11) is 1.56. The molecule has 0 aliphatic rings. The fraction of sp³-hybridized carbons (Fsp3) is 0.200. The van der Waals surface area contributed by atoms with Gasteiger partial charge in [0.25, 0.3) is 0 Å². The van der Waals surface area contributed by atoms with Crippen LogP contribution in [0.2, 0.25) is 5.02 Å². The van der Waals surface area contributed by atoms with Crippen molar-refractivity contribution in [3.63, 3.8) is 0 Å². The van der Waals surface area contributed by atoms with Crippen LogP contribution in [0.1, 0.15) is 11.1 Å². The Bertz CT molecular complexity index is 646. The van der Waals surface area contributed by atoms with E-state index in [0.29, 0.717) is 22.1 Å². The molecule has 2 rings (SSSR count). The molecule has 0 amide bonds. The Morgan fingerprint density at radius 1 is 1.00 bits per heavy atom. The Balaban J connectivity index is 2.27. The van der Waals surface area contributed by atoms with Gasteiger partial charge in [-0.1, -0.05) is 11.6 Å². The van der Waals surface area contributed by atoms with E-state index in [2.05, 4.69) is 10.2 Å². The van der Waals surface area contributed by atoms with Crippen LogP contribution in [0.15, 0.2) is 40.6 Å². The molecule has 0 spiro atoms. The van der Waals surface area contributed by atoms with Crippen molar-refractivity contribution in [1.29, 1.82) is 0 Å². The number of ether oxygens (including phenoxy) is 1. The Labute approximate surface area is 122 Å². The smallest absolute Gasteiger partial charge is 0.137 e. The number of aryl methyl sites for hydroxylation is 2. The van der Waals surface area contributed by atoms with E-state index in [1.165, 1.54) is 0 Å². The molecule has 104 valence electrons. The highest BCUT2D eigenvalue weighted by Crippen LogP contribution is 2.31. The zero-order valence-electron chi connectivity index (χ0n) is 11.5. The van der Waals surface area contributed by atoms with E-state index in [0.717, 1.165) is 11.1 Å². The molecule has 4 nitrogen and oxygen atoms in total. The summed E-state index contributed by atoms with van der Waals surface area (Å²) >= 11 is 6.02. The first-order valence-electron chi connectivity index (χ1n) is 6.06. The van der Waals surface area contributed by atoms with E-state index >= 15 is 0 Å². The SMILES string of the molecule is COc1ccc(N=Nc2cc(C)c(O)c(C)c2)cc1Cl. The van der Waals surface area contributed by atoms with E-state index < -0.39 is 0 Å². The molecule has 2 aromatic rings. The molecule has 0 saturated heterocycles. The van der Waals surface area contributed by atoms with E-state index in [-0.39, 0.29) is 5.75 Å². The Morgan fingerprint density at radius 3 is 2.15 bits per heavy atom. The third-order valence-electron chi connectivity index (χ3n) is 2.89. The molecule has 0 saturated carbocycles. The Morgan fingerprint density at radius 2 is 1.60 bits per heavy atom. The van der Waals surface area contributed by atoms with E-state index in [9.17, 15) is 5.11 Å². The molecule has 5 heteroatoms. The number of rotatable bonds is 3. The number of azo groups is 1. The molecule has 0 aliphatic heterocycles. The van der Waals surface area contributed by atoms with Gasteiger partial charge in [-0.2, -0.15) is 10.2 Å². The van der Waals surface area contributed by atoms with Crippen LogP contribution in [0.25, 0.3) is 0 Å². The van der Waals surface area contributed by atoms with Gasteiger partial charge in [0.05, 0.1) is 23.5 Å². The van der Waals surface area contributed by atoms with Crippen molar-refractivity contribution < 1.29 is 9.84 Å². The van der Waals surface area contributed by atoms with Crippen molar-refractivity contribution in [1.82, 2.24) is 0 Å². The normalized spacial score (nSPS) is 11.0. The second-order valence-electron chi connectivity index (χ2n) is 4.45. The highest BCUT2D eigenvalue weighted by atomic mass is 35.5. The van der Waals surface area contributed by atoms with Gasteiger partial charge < -0.3 is 9.84 Å². The molecule has 2 aromatic carbocycles. The summed E-state index contributed by atoms with van der Waals surface area (Å²) in [6.45, 7) is 3.65. The molecule has 0 atom stereocenters. The number of hydrogen-bond donors (Lipinski definition) is 1. The van der Waals surface area contributed by atoms with Gasteiger partial charge in [-0.15, -0.1) is 0 Å². The number of nitrogens with zero attached hydrogens (tertiary/aromatic N) is 2. The number of benzene rings is 2. The van der Waals surface area contributed by atoms with Gasteiger partial charge in [0.1, 0.15) is 11.5 Å². The predicted molar refractivity (Wildman–Crippen MR) is 79.8 cm³/mol. The molecule has 0 fully saturated rings. The number of hydrogen-bond acceptors (Lipinski definition) is 4. The largest absolute Gasteiger partial charge is 0.507 e. The van der Waals surface area contributed by atoms with E-state index in [4.69, 9.17) is 16.3 Å². The van der Waals surface area contributed by atoms with E-state index in [1.807, 2.05) is 13.8 Å². The number of methoxy groups -OCH3 is 1. The van der Waals surface area contributed by atoms with Crippen molar-refractivity contribution in [2.24, 2.45) is 10.2 Å². The maximum Gasteiger partial charge on any atom is 0.137 e. The van der Waals surface area contributed by atoms with E-state index in [1.54, 1.807) is 37.4 Å². The van der Waals surface area contributed by atoms with Crippen LogP contribution < -0.4 is 4.74 Å². The third kappa shape index (κ3) is 3.08. The molecule has 0 aliphatic carbocycles. The molecule has 20 heavy (non-hydrogen) atoms. The lowest BCUT2D eigenvalue weighted by molar-refractivity contribution is 0.415. The minimum Gasteiger partial charge on any atom is -0.507 e. The first-order chi connectivity index (χ1) is 9.51. The first kappa shape index (κ1) is 14.3. The van der Waals surface area contributed by atoms with Crippen LogP contribution >= 0.6 is 11.6 Å². The van der Waals surface area contributed by atoms with Gasteiger partial charge >= 0.3 is 0 Å². The van der Waals surface area contributed by atoms with Gasteiger partial charge in [0, 0.05) is 0 Å².